The first kappa shape index (κ1) is 14.6. The van der Waals surface area contributed by atoms with Gasteiger partial charge in [0.05, 0.1) is 12.7 Å². The molecule has 0 fully saturated rings. The zero-order valence-corrected chi connectivity index (χ0v) is 10.4. The lowest BCUT2D eigenvalue weighted by atomic mass is 9.98. The zero-order valence-electron chi connectivity index (χ0n) is 10.4. The van der Waals surface area contributed by atoms with Crippen LogP contribution in [0.5, 0.6) is 0 Å². The first-order valence-corrected chi connectivity index (χ1v) is 5.51. The molecule has 0 atom stereocenters. The van der Waals surface area contributed by atoms with E-state index in [9.17, 15) is 9.59 Å². The molecule has 0 aliphatic heterocycles. The van der Waals surface area contributed by atoms with E-state index in [1.54, 1.807) is 48.5 Å². The Kier molecular flexibility index (Phi) is 4.97. The van der Waals surface area contributed by atoms with Gasteiger partial charge in [-0.15, -0.1) is 0 Å². The van der Waals surface area contributed by atoms with E-state index < -0.39 is 5.97 Å². The Morgan fingerprint density at radius 2 is 1.37 bits per heavy atom. The van der Waals surface area contributed by atoms with Crippen LogP contribution < -0.4 is 0 Å². The van der Waals surface area contributed by atoms with Crippen molar-refractivity contribution in [3.8, 4) is 0 Å². The summed E-state index contributed by atoms with van der Waals surface area (Å²) in [6, 6.07) is 15.5. The number of rotatable bonds is 3. The summed E-state index contributed by atoms with van der Waals surface area (Å²) >= 11 is 0. The topological polar surface area (TPSA) is 74.9 Å². The molecule has 0 heterocycles. The fraction of sp³-hybridized carbons (Fsp3) is 0.0667. The van der Waals surface area contributed by atoms with E-state index in [1.165, 1.54) is 7.11 Å². The Balaban J connectivity index is 0.00000180. The molecule has 0 saturated carbocycles. The highest BCUT2D eigenvalue weighted by Crippen LogP contribution is 2.15. The van der Waals surface area contributed by atoms with E-state index in [2.05, 4.69) is 4.74 Å². The van der Waals surface area contributed by atoms with E-state index in [4.69, 9.17) is 0 Å². The maximum atomic E-state index is 12.3. The molecule has 0 aromatic heterocycles. The minimum atomic E-state index is -0.505. The van der Waals surface area contributed by atoms with Gasteiger partial charge in [0.15, 0.2) is 5.78 Å². The van der Waals surface area contributed by atoms with Gasteiger partial charge >= 0.3 is 5.97 Å². The molecule has 2 aromatic carbocycles. The van der Waals surface area contributed by atoms with E-state index in [-0.39, 0.29) is 16.8 Å². The van der Waals surface area contributed by atoms with Gasteiger partial charge in [0.25, 0.3) is 0 Å². The summed E-state index contributed by atoms with van der Waals surface area (Å²) in [6.07, 6.45) is 0. The fourth-order valence-corrected chi connectivity index (χ4v) is 1.71. The highest BCUT2D eigenvalue weighted by molar-refractivity contribution is 6.14. The van der Waals surface area contributed by atoms with Crippen LogP contribution in [-0.4, -0.2) is 24.3 Å². The van der Waals surface area contributed by atoms with Crippen LogP contribution in [0.25, 0.3) is 0 Å². The van der Waals surface area contributed by atoms with Crippen molar-refractivity contribution < 1.29 is 19.8 Å². The lowest BCUT2D eigenvalue weighted by Gasteiger charge is -2.06. The van der Waals surface area contributed by atoms with Gasteiger partial charge in [-0.05, 0) is 6.07 Å². The van der Waals surface area contributed by atoms with Crippen molar-refractivity contribution in [1.82, 2.24) is 0 Å². The molecule has 4 nitrogen and oxygen atoms in total. The maximum absolute atomic E-state index is 12.3. The molecule has 2 N–H and O–H groups in total. The highest BCUT2D eigenvalue weighted by Gasteiger charge is 2.17. The van der Waals surface area contributed by atoms with Crippen molar-refractivity contribution in [2.75, 3.05) is 7.11 Å². The van der Waals surface area contributed by atoms with E-state index in [1.807, 2.05) is 6.07 Å². The first-order valence-electron chi connectivity index (χ1n) is 5.51. The van der Waals surface area contributed by atoms with Gasteiger partial charge in [-0.3, -0.25) is 4.79 Å². The van der Waals surface area contributed by atoms with Crippen LogP contribution in [0, 0.1) is 0 Å². The van der Waals surface area contributed by atoms with Crippen molar-refractivity contribution in [3.05, 3.63) is 71.3 Å². The standard InChI is InChI=1S/C15H12O3.H2O/c1-18-15(17)13-10-6-5-9-12(13)14(16)11-7-3-2-4-8-11;/h2-10H,1H3;1H2. The second-order valence-electron chi connectivity index (χ2n) is 3.73. The predicted molar refractivity (Wildman–Crippen MR) is 71.3 cm³/mol. The Labute approximate surface area is 111 Å². The number of carbonyl (C=O) groups excluding carboxylic acids is 2. The normalized spacial score (nSPS) is 9.32. The van der Waals surface area contributed by atoms with Crippen LogP contribution >= 0.6 is 0 Å². The third-order valence-electron chi connectivity index (χ3n) is 2.61. The predicted octanol–water partition coefficient (Wildman–Crippen LogP) is 1.88. The highest BCUT2D eigenvalue weighted by atomic mass is 16.5. The van der Waals surface area contributed by atoms with Crippen molar-refractivity contribution in [2.24, 2.45) is 0 Å². The minimum absolute atomic E-state index is 0. The van der Waals surface area contributed by atoms with Crippen LogP contribution in [0.1, 0.15) is 26.3 Å². The number of ketones is 1. The second-order valence-corrected chi connectivity index (χ2v) is 3.73. The number of esters is 1. The van der Waals surface area contributed by atoms with Crippen LogP contribution in [0.2, 0.25) is 0 Å². The lowest BCUT2D eigenvalue weighted by Crippen LogP contribution is -2.11. The molecule has 4 heteroatoms. The molecule has 0 radical (unpaired) electrons. The quantitative estimate of drug-likeness (QED) is 0.623. The summed E-state index contributed by atoms with van der Waals surface area (Å²) in [5, 5.41) is 0. The molecule has 0 aliphatic rings. The molecule has 0 bridgehead atoms. The summed E-state index contributed by atoms with van der Waals surface area (Å²) in [5.41, 5.74) is 1.19. The number of ether oxygens (including phenoxy) is 1. The largest absolute Gasteiger partial charge is 0.465 e. The van der Waals surface area contributed by atoms with Crippen molar-refractivity contribution in [3.63, 3.8) is 0 Å². The molecule has 0 spiro atoms. The molecular formula is C15H14O4. The number of methoxy groups -OCH3 is 1. The van der Waals surface area contributed by atoms with Crippen LogP contribution in [-0.2, 0) is 4.74 Å². The summed E-state index contributed by atoms with van der Waals surface area (Å²) in [4.78, 5) is 23.9. The van der Waals surface area contributed by atoms with E-state index in [0.29, 0.717) is 11.1 Å². The number of benzene rings is 2. The third-order valence-corrected chi connectivity index (χ3v) is 2.61. The Morgan fingerprint density at radius 1 is 0.842 bits per heavy atom. The van der Waals surface area contributed by atoms with Crippen LogP contribution in [0.15, 0.2) is 54.6 Å². The number of hydrogen-bond donors (Lipinski definition) is 0. The van der Waals surface area contributed by atoms with Crippen molar-refractivity contribution in [2.45, 2.75) is 0 Å². The molecule has 2 rings (SSSR count). The smallest absolute Gasteiger partial charge is 0.338 e. The van der Waals surface area contributed by atoms with Crippen LogP contribution in [0.3, 0.4) is 0 Å². The van der Waals surface area contributed by atoms with Gasteiger partial charge in [0, 0.05) is 11.1 Å². The average Bonchev–Trinajstić information content (AvgIpc) is 2.46. The van der Waals surface area contributed by atoms with Crippen molar-refractivity contribution in [1.29, 1.82) is 0 Å². The summed E-state index contributed by atoms with van der Waals surface area (Å²) < 4.78 is 4.67. The Morgan fingerprint density at radius 3 is 1.95 bits per heavy atom. The molecule has 0 unspecified atom stereocenters. The molecular weight excluding hydrogens is 244 g/mol. The average molecular weight is 258 g/mol. The SMILES string of the molecule is COC(=O)c1ccccc1C(=O)c1ccccc1.O. The number of hydrogen-bond acceptors (Lipinski definition) is 3. The monoisotopic (exact) mass is 258 g/mol. The summed E-state index contributed by atoms with van der Waals surface area (Å²) in [6.45, 7) is 0. The molecule has 0 aliphatic carbocycles. The van der Waals surface area contributed by atoms with E-state index >= 15 is 0 Å². The third kappa shape index (κ3) is 3.05. The molecule has 98 valence electrons. The molecule has 0 amide bonds. The van der Waals surface area contributed by atoms with Crippen LogP contribution in [0.4, 0.5) is 0 Å². The maximum Gasteiger partial charge on any atom is 0.338 e. The van der Waals surface area contributed by atoms with Gasteiger partial charge in [-0.2, -0.15) is 0 Å². The Bertz CT molecular complexity index is 576. The Hall–Kier alpha value is -2.46. The fourth-order valence-electron chi connectivity index (χ4n) is 1.71. The number of carbonyl (C=O) groups is 2. The van der Waals surface area contributed by atoms with Gasteiger partial charge < -0.3 is 10.2 Å². The first-order chi connectivity index (χ1) is 8.74. The van der Waals surface area contributed by atoms with Gasteiger partial charge in [0.2, 0.25) is 0 Å². The summed E-state index contributed by atoms with van der Waals surface area (Å²) in [5.74, 6) is -0.688. The van der Waals surface area contributed by atoms with Crippen molar-refractivity contribution >= 4 is 11.8 Å². The second kappa shape index (κ2) is 6.47. The van der Waals surface area contributed by atoms with Gasteiger partial charge in [-0.25, -0.2) is 4.79 Å². The molecule has 19 heavy (non-hydrogen) atoms. The summed E-state index contributed by atoms with van der Waals surface area (Å²) in [7, 11) is 1.30. The lowest BCUT2D eigenvalue weighted by molar-refractivity contribution is 0.0597. The molecule has 0 saturated heterocycles. The molecule has 2 aromatic rings. The van der Waals surface area contributed by atoms with Gasteiger partial charge in [-0.1, -0.05) is 48.5 Å². The van der Waals surface area contributed by atoms with Gasteiger partial charge in [0.1, 0.15) is 0 Å². The minimum Gasteiger partial charge on any atom is -0.465 e. The zero-order chi connectivity index (χ0) is 13.0. The van der Waals surface area contributed by atoms with E-state index in [0.717, 1.165) is 0 Å².